The van der Waals surface area contributed by atoms with E-state index in [0.29, 0.717) is 0 Å². The van der Waals surface area contributed by atoms with Crippen molar-refractivity contribution in [3.8, 4) is 17.1 Å². The molecule has 4 aromatic heterocycles. The Bertz CT molecular complexity index is 5710. The Balaban J connectivity index is 0.850. The maximum atomic E-state index is 6.52. The van der Waals surface area contributed by atoms with Gasteiger partial charge < -0.3 is 18.1 Å². The van der Waals surface area contributed by atoms with Crippen molar-refractivity contribution in [2.24, 2.45) is 0 Å². The van der Waals surface area contributed by atoms with E-state index in [1.165, 1.54) is 95.9 Å². The predicted octanol–water partition coefficient (Wildman–Crippen LogP) is 15.6. The minimum atomic E-state index is -3.14. The van der Waals surface area contributed by atoms with Gasteiger partial charge in [0.2, 0.25) is 0 Å². The van der Waals surface area contributed by atoms with Crippen LogP contribution in [0.15, 0.2) is 350 Å². The van der Waals surface area contributed by atoms with Gasteiger partial charge in [0.15, 0.2) is 16.1 Å². The maximum absolute atomic E-state index is 6.52. The first-order valence-corrected chi connectivity index (χ1v) is 35.1. The number of furan rings is 1. The van der Waals surface area contributed by atoms with Crippen molar-refractivity contribution in [1.82, 2.24) is 13.7 Å². The molecule has 4 nitrogen and oxygen atoms in total. The first-order chi connectivity index (χ1) is 44.7. The normalized spacial score (nSPS) is 12.2. The van der Waals surface area contributed by atoms with Gasteiger partial charge in [0.1, 0.15) is 11.2 Å². The Kier molecular flexibility index (Phi) is 11.9. The van der Waals surface area contributed by atoms with E-state index in [4.69, 9.17) is 4.42 Å². The van der Waals surface area contributed by atoms with Crippen LogP contribution in [0.4, 0.5) is 0 Å². The molecule has 18 rings (SSSR count). The molecule has 6 heteroatoms. The molecule has 0 aliphatic carbocycles. The molecule has 422 valence electrons. The third kappa shape index (κ3) is 7.65. The lowest BCUT2D eigenvalue weighted by atomic mass is 10.1. The summed E-state index contributed by atoms with van der Waals surface area (Å²) in [5.41, 5.74) is 12.3. The molecular formula is C84H57N3OSi2. The molecule has 0 unspecified atom stereocenters. The summed E-state index contributed by atoms with van der Waals surface area (Å²) in [6, 6.07) is 130. The van der Waals surface area contributed by atoms with Gasteiger partial charge in [0.25, 0.3) is 0 Å². The molecule has 0 aliphatic heterocycles. The Hall–Kier alpha value is -11.3. The quantitative estimate of drug-likeness (QED) is 0.0937. The average molecular weight is 1180 g/mol. The SMILES string of the molecule is c1ccc(-n2c3ccccc3c3cc([Si](c4ccccc4)(c4ccccc4)c4cccc(-n5c6ccccc6c6cc(-n7c8ccccc8c8c([Si](c9ccccc9)(c9ccccc9)c9ccc%10oc%11ccccc%11c%10c9)cccc87)ccc65)c4)ccc32)cc1. The van der Waals surface area contributed by atoms with Gasteiger partial charge in [-0.25, -0.2) is 0 Å². The minimum Gasteiger partial charge on any atom is -0.456 e. The van der Waals surface area contributed by atoms with Gasteiger partial charge >= 0.3 is 0 Å². The summed E-state index contributed by atoms with van der Waals surface area (Å²) in [5, 5.41) is 20.3. The zero-order valence-electron chi connectivity index (χ0n) is 49.2. The molecule has 0 fully saturated rings. The third-order valence-corrected chi connectivity index (χ3v) is 28.9. The van der Waals surface area contributed by atoms with Gasteiger partial charge in [-0.15, -0.1) is 0 Å². The molecule has 18 aromatic rings. The molecule has 0 aliphatic rings. The van der Waals surface area contributed by atoms with E-state index < -0.39 is 16.1 Å². The largest absolute Gasteiger partial charge is 0.456 e. The van der Waals surface area contributed by atoms with Crippen LogP contribution in [0, 0.1) is 0 Å². The van der Waals surface area contributed by atoms with E-state index in [9.17, 15) is 0 Å². The number of aromatic nitrogens is 3. The van der Waals surface area contributed by atoms with Crippen molar-refractivity contribution in [1.29, 1.82) is 0 Å². The van der Waals surface area contributed by atoms with Crippen molar-refractivity contribution in [2.45, 2.75) is 0 Å². The zero-order valence-corrected chi connectivity index (χ0v) is 51.2. The van der Waals surface area contributed by atoms with Crippen molar-refractivity contribution in [3.63, 3.8) is 0 Å². The molecule has 90 heavy (non-hydrogen) atoms. The summed E-state index contributed by atoms with van der Waals surface area (Å²) >= 11 is 0. The molecule has 0 saturated carbocycles. The number of fused-ring (bicyclic) bond motifs is 12. The van der Waals surface area contributed by atoms with Crippen molar-refractivity contribution in [3.05, 3.63) is 346 Å². The highest BCUT2D eigenvalue weighted by Gasteiger charge is 2.45. The summed E-state index contributed by atoms with van der Waals surface area (Å²) in [5.74, 6) is 0. The topological polar surface area (TPSA) is 27.9 Å². The third-order valence-electron chi connectivity index (χ3n) is 19.3. The van der Waals surface area contributed by atoms with Crippen LogP contribution in [-0.4, -0.2) is 29.8 Å². The molecule has 0 bridgehead atoms. The standard InChI is InChI=1S/C84H57N3OSi2/c1-6-26-58(27-7-1)85-75-42-20-17-39-69(75)73-56-66(49-52-79(73)85)89(61-29-8-2-9-30-61,62-31-10-3-11-32-62)65-37-24-28-59(54-65)86-76-43-21-16-38-68(76)72-55-60(48-51-78(72)86)87-77-44-22-18-41-71(77)84-80(87)45-25-47-83(84)90(63-33-12-4-13-34-63,64-35-14-5-15-36-64)67-50-53-82-74(57-67)70-40-19-23-46-81(70)88-82/h1-57H. The highest BCUT2D eigenvalue weighted by Crippen LogP contribution is 2.39. The number of nitrogens with zero attached hydrogens (tertiary/aromatic N) is 3. The summed E-state index contributed by atoms with van der Waals surface area (Å²) in [6.07, 6.45) is 0. The first-order valence-electron chi connectivity index (χ1n) is 31.1. The van der Waals surface area contributed by atoms with Crippen LogP contribution < -0.4 is 41.5 Å². The molecule has 0 saturated heterocycles. The van der Waals surface area contributed by atoms with E-state index in [1.54, 1.807) is 0 Å². The summed E-state index contributed by atoms with van der Waals surface area (Å²) in [6.45, 7) is 0. The van der Waals surface area contributed by atoms with Gasteiger partial charge in [0.05, 0.1) is 33.1 Å². The molecule has 0 atom stereocenters. The van der Waals surface area contributed by atoms with Crippen LogP contribution in [0.5, 0.6) is 0 Å². The van der Waals surface area contributed by atoms with Gasteiger partial charge in [0, 0.05) is 60.2 Å². The smallest absolute Gasteiger partial charge is 0.180 e. The van der Waals surface area contributed by atoms with Crippen molar-refractivity contribution >= 4 is 145 Å². The monoisotopic (exact) mass is 1180 g/mol. The van der Waals surface area contributed by atoms with Gasteiger partial charge in [-0.2, -0.15) is 0 Å². The lowest BCUT2D eigenvalue weighted by Gasteiger charge is -2.35. The first kappa shape index (κ1) is 51.9. The van der Waals surface area contributed by atoms with E-state index in [2.05, 4.69) is 359 Å². The lowest BCUT2D eigenvalue weighted by molar-refractivity contribution is 0.669. The van der Waals surface area contributed by atoms with E-state index in [0.717, 1.165) is 50.0 Å². The molecule has 14 aromatic carbocycles. The molecule has 0 N–H and O–H groups in total. The van der Waals surface area contributed by atoms with Crippen molar-refractivity contribution < 1.29 is 4.42 Å². The summed E-state index contributed by atoms with van der Waals surface area (Å²) in [7, 11) is -6.22. The fourth-order valence-corrected chi connectivity index (χ4v) is 25.4. The number of hydrogen-bond acceptors (Lipinski definition) is 1. The molecular weight excluding hydrogens is 1120 g/mol. The predicted molar refractivity (Wildman–Crippen MR) is 384 cm³/mol. The van der Waals surface area contributed by atoms with Gasteiger partial charge in [-0.05, 0) is 126 Å². The van der Waals surface area contributed by atoms with Crippen LogP contribution >= 0.6 is 0 Å². The number of rotatable bonds is 11. The van der Waals surface area contributed by atoms with Crippen LogP contribution in [-0.2, 0) is 0 Å². The number of hydrogen-bond donors (Lipinski definition) is 0. The van der Waals surface area contributed by atoms with Crippen LogP contribution in [0.2, 0.25) is 0 Å². The van der Waals surface area contributed by atoms with E-state index in [1.807, 2.05) is 0 Å². The Morgan fingerprint density at radius 2 is 0.578 bits per heavy atom. The highest BCUT2D eigenvalue weighted by atomic mass is 28.3. The Morgan fingerprint density at radius 3 is 1.21 bits per heavy atom. The zero-order chi connectivity index (χ0) is 59.3. The minimum absolute atomic E-state index is 0.899. The fraction of sp³-hybridized carbons (Fsp3) is 0. The molecule has 0 spiro atoms. The number of benzene rings is 14. The highest BCUT2D eigenvalue weighted by molar-refractivity contribution is 7.21. The molecule has 0 radical (unpaired) electrons. The maximum Gasteiger partial charge on any atom is 0.180 e. The lowest BCUT2D eigenvalue weighted by Crippen LogP contribution is -2.74. The van der Waals surface area contributed by atoms with E-state index >= 15 is 0 Å². The number of para-hydroxylation sites is 5. The summed E-state index contributed by atoms with van der Waals surface area (Å²) < 4.78 is 14.0. The van der Waals surface area contributed by atoms with Crippen LogP contribution in [0.25, 0.3) is 104 Å². The Morgan fingerprint density at radius 1 is 0.200 bits per heavy atom. The van der Waals surface area contributed by atoms with Crippen LogP contribution in [0.1, 0.15) is 0 Å². The molecule has 4 heterocycles. The molecule has 0 amide bonds. The summed E-state index contributed by atoms with van der Waals surface area (Å²) in [4.78, 5) is 0. The average Bonchev–Trinajstić information content (AvgIpc) is 1.33. The second kappa shape index (κ2) is 20.7. The Labute approximate surface area is 522 Å². The van der Waals surface area contributed by atoms with Gasteiger partial charge in [-0.3, -0.25) is 0 Å². The van der Waals surface area contributed by atoms with E-state index in [-0.39, 0.29) is 0 Å². The van der Waals surface area contributed by atoms with Crippen LogP contribution in [0.3, 0.4) is 0 Å². The fourth-order valence-electron chi connectivity index (χ4n) is 15.6. The van der Waals surface area contributed by atoms with Crippen molar-refractivity contribution in [2.75, 3.05) is 0 Å². The van der Waals surface area contributed by atoms with Gasteiger partial charge in [-0.1, -0.05) is 261 Å². The second-order valence-corrected chi connectivity index (χ2v) is 31.4. The second-order valence-electron chi connectivity index (χ2n) is 23.8.